The predicted octanol–water partition coefficient (Wildman–Crippen LogP) is 4.40. The zero-order chi connectivity index (χ0) is 14.7. The summed E-state index contributed by atoms with van der Waals surface area (Å²) in [6, 6.07) is 9.19. The van der Waals surface area contributed by atoms with Crippen LogP contribution >= 0.6 is 11.3 Å². The molecule has 0 aliphatic rings. The van der Waals surface area contributed by atoms with Gasteiger partial charge in [-0.1, -0.05) is 0 Å². The van der Waals surface area contributed by atoms with Crippen LogP contribution in [0.25, 0.3) is 0 Å². The lowest BCUT2D eigenvalue weighted by molar-refractivity contribution is 0.102. The quantitative estimate of drug-likeness (QED) is 0.905. The molecule has 20 heavy (non-hydrogen) atoms. The molecule has 1 aromatic carbocycles. The first-order chi connectivity index (χ1) is 9.45. The van der Waals surface area contributed by atoms with E-state index in [0.717, 1.165) is 10.8 Å². The van der Waals surface area contributed by atoms with Crippen molar-refractivity contribution in [2.45, 2.75) is 33.8 Å². The van der Waals surface area contributed by atoms with Crippen molar-refractivity contribution in [3.63, 3.8) is 0 Å². The van der Waals surface area contributed by atoms with Gasteiger partial charge in [0, 0.05) is 10.4 Å². The predicted molar refractivity (Wildman–Crippen MR) is 84.0 cm³/mol. The van der Waals surface area contributed by atoms with E-state index in [1.54, 1.807) is 23.5 Å². The molecule has 0 spiro atoms. The number of hydrogen-bond donors (Lipinski definition) is 1. The Hall–Kier alpha value is -1.81. The van der Waals surface area contributed by atoms with Gasteiger partial charge in [0.05, 0.1) is 11.1 Å². The lowest BCUT2D eigenvalue weighted by Gasteiger charge is -2.09. The van der Waals surface area contributed by atoms with Gasteiger partial charge in [0.15, 0.2) is 0 Å². The van der Waals surface area contributed by atoms with Gasteiger partial charge in [-0.3, -0.25) is 4.79 Å². The molecule has 0 saturated carbocycles. The fourth-order valence-corrected chi connectivity index (χ4v) is 2.71. The van der Waals surface area contributed by atoms with Gasteiger partial charge in [-0.25, -0.2) is 0 Å². The van der Waals surface area contributed by atoms with Gasteiger partial charge in [-0.05, 0) is 63.6 Å². The molecule has 0 aliphatic carbocycles. The highest BCUT2D eigenvalue weighted by Gasteiger charge is 2.09. The minimum absolute atomic E-state index is 0.0950. The number of ether oxygens (including phenoxy) is 1. The van der Waals surface area contributed by atoms with E-state index in [2.05, 4.69) is 5.32 Å². The van der Waals surface area contributed by atoms with Crippen molar-refractivity contribution in [1.29, 1.82) is 0 Å². The van der Waals surface area contributed by atoms with Crippen LogP contribution in [0.15, 0.2) is 30.3 Å². The Morgan fingerprint density at radius 1 is 1.20 bits per heavy atom. The molecule has 0 fully saturated rings. The SMILES string of the molecule is Cc1cc(NC(=O)c2ccc(OC(C)C)cc2)sc1C. The molecule has 1 N–H and O–H groups in total. The van der Waals surface area contributed by atoms with Gasteiger partial charge in [0.25, 0.3) is 5.91 Å². The number of nitrogens with one attached hydrogen (secondary N) is 1. The van der Waals surface area contributed by atoms with E-state index < -0.39 is 0 Å². The zero-order valence-electron chi connectivity index (χ0n) is 12.2. The topological polar surface area (TPSA) is 38.3 Å². The third-order valence-corrected chi connectivity index (χ3v) is 3.96. The molecule has 1 aromatic heterocycles. The van der Waals surface area contributed by atoms with Crippen molar-refractivity contribution in [2.24, 2.45) is 0 Å². The highest BCUT2D eigenvalue weighted by Crippen LogP contribution is 2.26. The Labute approximate surface area is 123 Å². The minimum Gasteiger partial charge on any atom is -0.491 e. The maximum absolute atomic E-state index is 12.1. The summed E-state index contributed by atoms with van der Waals surface area (Å²) >= 11 is 1.59. The summed E-state index contributed by atoms with van der Waals surface area (Å²) < 4.78 is 5.56. The largest absolute Gasteiger partial charge is 0.491 e. The average molecular weight is 289 g/mol. The van der Waals surface area contributed by atoms with Crippen LogP contribution in [0.1, 0.15) is 34.6 Å². The molecule has 106 valence electrons. The molecule has 2 rings (SSSR count). The smallest absolute Gasteiger partial charge is 0.256 e. The number of hydrogen-bond acceptors (Lipinski definition) is 3. The van der Waals surface area contributed by atoms with E-state index in [4.69, 9.17) is 4.74 Å². The number of anilines is 1. The molecule has 0 bridgehead atoms. The molecule has 1 amide bonds. The molecular weight excluding hydrogens is 270 g/mol. The van der Waals surface area contributed by atoms with E-state index in [1.807, 2.05) is 45.9 Å². The fraction of sp³-hybridized carbons (Fsp3) is 0.312. The molecular formula is C16H19NO2S. The lowest BCUT2D eigenvalue weighted by Crippen LogP contribution is -2.11. The fourth-order valence-electron chi connectivity index (χ4n) is 1.78. The van der Waals surface area contributed by atoms with Gasteiger partial charge >= 0.3 is 0 Å². The molecule has 0 saturated heterocycles. The van der Waals surface area contributed by atoms with Gasteiger partial charge in [0.2, 0.25) is 0 Å². The van der Waals surface area contributed by atoms with E-state index in [1.165, 1.54) is 10.4 Å². The Morgan fingerprint density at radius 2 is 1.85 bits per heavy atom. The summed E-state index contributed by atoms with van der Waals surface area (Å²) in [5, 5.41) is 3.80. The molecule has 1 heterocycles. The molecule has 0 radical (unpaired) electrons. The monoisotopic (exact) mass is 289 g/mol. The maximum Gasteiger partial charge on any atom is 0.256 e. The van der Waals surface area contributed by atoms with Crippen molar-refractivity contribution in [3.05, 3.63) is 46.3 Å². The van der Waals surface area contributed by atoms with Gasteiger partial charge < -0.3 is 10.1 Å². The number of amides is 1. The third-order valence-electron chi connectivity index (χ3n) is 2.89. The average Bonchev–Trinajstić information content (AvgIpc) is 2.68. The van der Waals surface area contributed by atoms with Crippen LogP contribution in [0, 0.1) is 13.8 Å². The van der Waals surface area contributed by atoms with Crippen LogP contribution in [0.2, 0.25) is 0 Å². The van der Waals surface area contributed by atoms with Crippen molar-refractivity contribution >= 4 is 22.2 Å². The number of carbonyl (C=O) groups is 1. The second-order valence-electron chi connectivity index (χ2n) is 4.99. The summed E-state index contributed by atoms with van der Waals surface area (Å²) in [7, 11) is 0. The summed E-state index contributed by atoms with van der Waals surface area (Å²) in [5.41, 5.74) is 1.83. The summed E-state index contributed by atoms with van der Waals surface area (Å²) in [5.74, 6) is 0.682. The van der Waals surface area contributed by atoms with E-state index in [0.29, 0.717) is 5.56 Å². The highest BCUT2D eigenvalue weighted by atomic mass is 32.1. The van der Waals surface area contributed by atoms with Crippen LogP contribution in [0.3, 0.4) is 0 Å². The molecule has 2 aromatic rings. The maximum atomic E-state index is 12.1. The number of benzene rings is 1. The molecule has 4 heteroatoms. The zero-order valence-corrected chi connectivity index (χ0v) is 13.0. The van der Waals surface area contributed by atoms with Crippen LogP contribution < -0.4 is 10.1 Å². The Morgan fingerprint density at radius 3 is 2.35 bits per heavy atom. The summed E-state index contributed by atoms with van der Waals surface area (Å²) in [4.78, 5) is 13.3. The Kier molecular flexibility index (Phi) is 4.45. The Balaban J connectivity index is 2.05. The van der Waals surface area contributed by atoms with E-state index >= 15 is 0 Å². The van der Waals surface area contributed by atoms with Crippen LogP contribution in [-0.2, 0) is 0 Å². The van der Waals surface area contributed by atoms with Gasteiger partial charge in [-0.2, -0.15) is 0 Å². The summed E-state index contributed by atoms with van der Waals surface area (Å²) in [6.07, 6.45) is 0.131. The van der Waals surface area contributed by atoms with E-state index in [-0.39, 0.29) is 12.0 Å². The Bertz CT molecular complexity index is 580. The van der Waals surface area contributed by atoms with Crippen LogP contribution in [0.5, 0.6) is 5.75 Å². The molecule has 0 atom stereocenters. The normalized spacial score (nSPS) is 10.7. The van der Waals surface area contributed by atoms with Gasteiger partial charge in [-0.15, -0.1) is 11.3 Å². The molecule has 0 unspecified atom stereocenters. The van der Waals surface area contributed by atoms with Gasteiger partial charge in [0.1, 0.15) is 5.75 Å². The molecule has 0 aliphatic heterocycles. The summed E-state index contributed by atoms with van der Waals surface area (Å²) in [6.45, 7) is 8.04. The number of aryl methyl sites for hydroxylation is 2. The molecule has 3 nitrogen and oxygen atoms in total. The second-order valence-corrected chi connectivity index (χ2v) is 6.25. The van der Waals surface area contributed by atoms with Crippen molar-refractivity contribution in [2.75, 3.05) is 5.32 Å². The minimum atomic E-state index is -0.0950. The van der Waals surface area contributed by atoms with Crippen LogP contribution in [0.4, 0.5) is 5.00 Å². The van der Waals surface area contributed by atoms with Crippen molar-refractivity contribution in [1.82, 2.24) is 0 Å². The van der Waals surface area contributed by atoms with Crippen LogP contribution in [-0.4, -0.2) is 12.0 Å². The number of thiophene rings is 1. The van der Waals surface area contributed by atoms with E-state index in [9.17, 15) is 4.79 Å². The standard InChI is InChI=1S/C16H19NO2S/c1-10(2)19-14-7-5-13(6-8-14)16(18)17-15-9-11(3)12(4)20-15/h5-10H,1-4H3,(H,17,18). The second kappa shape index (κ2) is 6.09. The first kappa shape index (κ1) is 14.6. The number of carbonyl (C=O) groups excluding carboxylic acids is 1. The van der Waals surface area contributed by atoms with Crippen molar-refractivity contribution < 1.29 is 9.53 Å². The third kappa shape index (κ3) is 3.61. The number of rotatable bonds is 4. The van der Waals surface area contributed by atoms with Crippen molar-refractivity contribution in [3.8, 4) is 5.75 Å². The highest BCUT2D eigenvalue weighted by molar-refractivity contribution is 7.16. The lowest BCUT2D eigenvalue weighted by atomic mass is 10.2. The first-order valence-corrected chi connectivity index (χ1v) is 7.42. The first-order valence-electron chi connectivity index (χ1n) is 6.61.